The molecule has 4 saturated carbocycles. The second-order valence-corrected chi connectivity index (χ2v) is 16.2. The summed E-state index contributed by atoms with van der Waals surface area (Å²) in [6, 6.07) is 3.78. The standard InChI is InChI=1S/C44H61FO8/c1-3-41(46)50-27-5-7-30-9-13-32(14-10-30)34-17-21-36(22-18-34)43(48)52-39-26-25-38(45)29-40(39)53-44(49)37-23-19-35(20-24-37)33-15-11-31(12-16-33)8-6-28-51-42(47)4-2/h3-4,25-26,29-37H,1-2,5-24,27-28H2/t30-,31-,32-,33-,34-,35-,36-,37-. The third kappa shape index (κ3) is 12.5. The van der Waals surface area contributed by atoms with E-state index in [1.54, 1.807) is 0 Å². The number of esters is 4. The number of hydrogen-bond acceptors (Lipinski definition) is 8. The maximum absolute atomic E-state index is 14.3. The fourth-order valence-corrected chi connectivity index (χ4v) is 9.79. The molecule has 0 N–H and O–H groups in total. The lowest BCUT2D eigenvalue weighted by Gasteiger charge is -2.37. The van der Waals surface area contributed by atoms with Crippen LogP contribution in [0, 0.1) is 53.2 Å². The summed E-state index contributed by atoms with van der Waals surface area (Å²) < 4.78 is 36.1. The molecular formula is C44H61FO8. The first kappa shape index (κ1) is 40.7. The van der Waals surface area contributed by atoms with Crippen molar-refractivity contribution in [1.82, 2.24) is 0 Å². The Hall–Kier alpha value is -3.49. The van der Waals surface area contributed by atoms with Gasteiger partial charge in [0.05, 0.1) is 25.0 Å². The minimum Gasteiger partial charge on any atom is -0.463 e. The van der Waals surface area contributed by atoms with Crippen LogP contribution in [-0.4, -0.2) is 37.1 Å². The van der Waals surface area contributed by atoms with Crippen molar-refractivity contribution < 1.29 is 42.5 Å². The molecule has 0 radical (unpaired) electrons. The molecular weight excluding hydrogens is 675 g/mol. The summed E-state index contributed by atoms with van der Waals surface area (Å²) >= 11 is 0. The second kappa shape index (κ2) is 20.8. The Balaban J connectivity index is 0.998. The van der Waals surface area contributed by atoms with Crippen LogP contribution >= 0.6 is 0 Å². The fraction of sp³-hybridized carbons (Fsp3) is 0.682. The molecule has 1 aromatic carbocycles. The highest BCUT2D eigenvalue weighted by molar-refractivity contribution is 5.81. The molecule has 0 bridgehead atoms. The molecule has 0 heterocycles. The summed E-state index contributed by atoms with van der Waals surface area (Å²) in [5.41, 5.74) is 0. The Morgan fingerprint density at radius 1 is 0.566 bits per heavy atom. The number of ether oxygens (including phenoxy) is 4. The molecule has 292 valence electrons. The topological polar surface area (TPSA) is 105 Å². The summed E-state index contributed by atoms with van der Waals surface area (Å²) in [5, 5.41) is 0. The van der Waals surface area contributed by atoms with Gasteiger partial charge < -0.3 is 18.9 Å². The van der Waals surface area contributed by atoms with Crippen molar-refractivity contribution in [3.8, 4) is 11.5 Å². The molecule has 0 amide bonds. The van der Waals surface area contributed by atoms with Crippen LogP contribution in [0.5, 0.6) is 11.5 Å². The van der Waals surface area contributed by atoms with E-state index in [9.17, 15) is 23.6 Å². The summed E-state index contributed by atoms with van der Waals surface area (Å²) in [5.74, 6) is 1.60. The molecule has 4 aliphatic rings. The molecule has 8 nitrogen and oxygen atoms in total. The van der Waals surface area contributed by atoms with E-state index < -0.39 is 5.82 Å². The molecule has 0 atom stereocenters. The van der Waals surface area contributed by atoms with Gasteiger partial charge in [0, 0.05) is 18.2 Å². The third-order valence-corrected chi connectivity index (χ3v) is 13.0. The fourth-order valence-electron chi connectivity index (χ4n) is 9.79. The quantitative estimate of drug-likeness (QED) is 0.0715. The van der Waals surface area contributed by atoms with E-state index >= 15 is 0 Å². The zero-order chi connectivity index (χ0) is 37.6. The number of rotatable bonds is 16. The summed E-state index contributed by atoms with van der Waals surface area (Å²) in [7, 11) is 0. The van der Waals surface area contributed by atoms with Crippen molar-refractivity contribution in [2.45, 2.75) is 128 Å². The molecule has 0 aromatic heterocycles. The van der Waals surface area contributed by atoms with Gasteiger partial charge in [-0.25, -0.2) is 14.0 Å². The van der Waals surface area contributed by atoms with Crippen LogP contribution < -0.4 is 9.47 Å². The van der Waals surface area contributed by atoms with Gasteiger partial charge in [-0.2, -0.15) is 0 Å². The molecule has 1 aromatic rings. The highest BCUT2D eigenvalue weighted by Crippen LogP contribution is 2.44. The van der Waals surface area contributed by atoms with Gasteiger partial charge in [-0.3, -0.25) is 9.59 Å². The van der Waals surface area contributed by atoms with Crippen LogP contribution in [0.15, 0.2) is 43.5 Å². The zero-order valence-electron chi connectivity index (χ0n) is 31.6. The Bertz CT molecular complexity index is 1380. The molecule has 5 rings (SSSR count). The number of halogens is 1. The van der Waals surface area contributed by atoms with Crippen LogP contribution in [0.2, 0.25) is 0 Å². The smallest absolute Gasteiger partial charge is 0.330 e. The van der Waals surface area contributed by atoms with Gasteiger partial charge in [0.25, 0.3) is 0 Å². The molecule has 9 heteroatoms. The van der Waals surface area contributed by atoms with E-state index in [4.69, 9.17) is 18.9 Å². The molecule has 4 fully saturated rings. The van der Waals surface area contributed by atoms with Crippen molar-refractivity contribution in [2.24, 2.45) is 47.3 Å². The monoisotopic (exact) mass is 736 g/mol. The predicted molar refractivity (Wildman–Crippen MR) is 200 cm³/mol. The molecule has 0 aliphatic heterocycles. The van der Waals surface area contributed by atoms with E-state index in [0.717, 1.165) is 83.1 Å². The third-order valence-electron chi connectivity index (χ3n) is 13.0. The van der Waals surface area contributed by atoms with E-state index in [1.165, 1.54) is 75.7 Å². The van der Waals surface area contributed by atoms with Crippen molar-refractivity contribution in [2.75, 3.05) is 13.2 Å². The number of carbonyl (C=O) groups excluding carboxylic acids is 4. The van der Waals surface area contributed by atoms with Crippen molar-refractivity contribution in [3.63, 3.8) is 0 Å². The molecule has 4 aliphatic carbocycles. The van der Waals surface area contributed by atoms with Gasteiger partial charge in [0.1, 0.15) is 5.82 Å². The molecule has 53 heavy (non-hydrogen) atoms. The largest absolute Gasteiger partial charge is 0.463 e. The van der Waals surface area contributed by atoms with Crippen LogP contribution in [0.3, 0.4) is 0 Å². The van der Waals surface area contributed by atoms with Crippen LogP contribution in [0.4, 0.5) is 4.39 Å². The number of carbonyl (C=O) groups is 4. The maximum Gasteiger partial charge on any atom is 0.330 e. The van der Waals surface area contributed by atoms with Gasteiger partial charge in [0.15, 0.2) is 11.5 Å². The van der Waals surface area contributed by atoms with Crippen molar-refractivity contribution in [1.29, 1.82) is 0 Å². The molecule has 0 unspecified atom stereocenters. The minimum atomic E-state index is -0.545. The Morgan fingerprint density at radius 3 is 1.34 bits per heavy atom. The average Bonchev–Trinajstić information content (AvgIpc) is 3.19. The zero-order valence-corrected chi connectivity index (χ0v) is 31.6. The minimum absolute atomic E-state index is 0.0210. The second-order valence-electron chi connectivity index (χ2n) is 16.2. The Labute approximate surface area is 315 Å². The Kier molecular flexibility index (Phi) is 16.0. The van der Waals surface area contributed by atoms with E-state index in [-0.39, 0.29) is 47.2 Å². The maximum atomic E-state index is 14.3. The Morgan fingerprint density at radius 2 is 0.943 bits per heavy atom. The summed E-state index contributed by atoms with van der Waals surface area (Å²) in [6.07, 6.45) is 23.0. The van der Waals surface area contributed by atoms with Crippen molar-refractivity contribution >= 4 is 23.9 Å². The summed E-state index contributed by atoms with van der Waals surface area (Å²) in [4.78, 5) is 49.1. The lowest BCUT2D eigenvalue weighted by molar-refractivity contribution is -0.143. The number of hydrogen-bond donors (Lipinski definition) is 0. The van der Waals surface area contributed by atoms with Crippen LogP contribution in [0.1, 0.15) is 128 Å². The average molecular weight is 737 g/mol. The molecule has 0 saturated heterocycles. The van der Waals surface area contributed by atoms with Gasteiger partial charge in [0.2, 0.25) is 0 Å². The highest BCUT2D eigenvalue weighted by Gasteiger charge is 2.36. The van der Waals surface area contributed by atoms with Gasteiger partial charge in [-0.05, 0) is 150 Å². The predicted octanol–water partition coefficient (Wildman–Crippen LogP) is 9.88. The van der Waals surface area contributed by atoms with E-state index in [1.807, 2.05) is 0 Å². The van der Waals surface area contributed by atoms with Gasteiger partial charge in [-0.1, -0.05) is 38.8 Å². The van der Waals surface area contributed by atoms with Crippen LogP contribution in [0.25, 0.3) is 0 Å². The van der Waals surface area contributed by atoms with Crippen molar-refractivity contribution in [3.05, 3.63) is 49.3 Å². The van der Waals surface area contributed by atoms with Crippen LogP contribution in [-0.2, 0) is 28.7 Å². The normalized spacial score (nSPS) is 28.9. The summed E-state index contributed by atoms with van der Waals surface area (Å²) in [6.45, 7) is 7.77. The van der Waals surface area contributed by atoms with Gasteiger partial charge in [-0.15, -0.1) is 0 Å². The lowest BCUT2D eigenvalue weighted by Crippen LogP contribution is -2.31. The lowest BCUT2D eigenvalue weighted by atomic mass is 9.68. The highest BCUT2D eigenvalue weighted by atomic mass is 19.1. The first-order valence-corrected chi connectivity index (χ1v) is 20.5. The van der Waals surface area contributed by atoms with Gasteiger partial charge >= 0.3 is 23.9 Å². The number of benzene rings is 1. The van der Waals surface area contributed by atoms with E-state index in [2.05, 4.69) is 13.2 Å². The first-order valence-electron chi connectivity index (χ1n) is 20.5. The molecule has 0 spiro atoms. The first-order chi connectivity index (χ1) is 25.7. The SMILES string of the molecule is C=CC(=O)OCCC[C@H]1CC[C@H]([C@H]2CC[C@H](C(=O)Oc3ccc(F)cc3OC(=O)[C@H]3CC[C@H]([C@H]4CC[C@H](CCCOC(=O)C=C)CC4)CC3)CC2)CC1. The van der Waals surface area contributed by atoms with E-state index in [0.29, 0.717) is 48.7 Å².